The molecule has 0 saturated heterocycles. The smallest absolute Gasteiger partial charge is 0.323 e. The second kappa shape index (κ2) is 4.14. The van der Waals surface area contributed by atoms with Crippen LogP contribution in [0.5, 0.6) is 0 Å². The van der Waals surface area contributed by atoms with Crippen molar-refractivity contribution in [3.8, 4) is 11.4 Å². The van der Waals surface area contributed by atoms with E-state index in [1.54, 1.807) is 11.5 Å². The monoisotopic (exact) mass is 217 g/mol. The van der Waals surface area contributed by atoms with Crippen LogP contribution < -0.4 is 0 Å². The molecule has 2 rings (SSSR count). The number of aryl methyl sites for hydroxylation is 1. The number of aliphatic carboxylic acids is 1. The number of carboxylic acid groups (broad SMARTS) is 1. The van der Waals surface area contributed by atoms with Crippen molar-refractivity contribution in [2.75, 3.05) is 0 Å². The van der Waals surface area contributed by atoms with E-state index in [9.17, 15) is 4.79 Å². The van der Waals surface area contributed by atoms with Crippen LogP contribution in [0.3, 0.4) is 0 Å². The van der Waals surface area contributed by atoms with Crippen LogP contribution >= 0.6 is 0 Å². The maximum absolute atomic E-state index is 10.7. The average molecular weight is 217 g/mol. The Bertz CT molecular complexity index is 505. The number of carboxylic acids is 1. The highest BCUT2D eigenvalue weighted by Crippen LogP contribution is 2.17. The second-order valence-electron chi connectivity index (χ2n) is 3.42. The van der Waals surface area contributed by atoms with Crippen LogP contribution in [0.25, 0.3) is 11.4 Å². The third-order valence-electron chi connectivity index (χ3n) is 2.26. The normalized spacial score (nSPS) is 10.3. The van der Waals surface area contributed by atoms with Crippen LogP contribution in [0.1, 0.15) is 5.82 Å². The summed E-state index contributed by atoms with van der Waals surface area (Å²) in [5.41, 5.74) is 0.865. The molecule has 0 aliphatic heterocycles. The van der Waals surface area contributed by atoms with E-state index in [2.05, 4.69) is 10.2 Å². The maximum Gasteiger partial charge on any atom is 0.323 e. The van der Waals surface area contributed by atoms with Gasteiger partial charge in [-0.2, -0.15) is 0 Å². The van der Waals surface area contributed by atoms with Gasteiger partial charge < -0.3 is 5.11 Å². The lowest BCUT2D eigenvalue weighted by Gasteiger charge is -2.04. The van der Waals surface area contributed by atoms with Crippen molar-refractivity contribution in [3.63, 3.8) is 0 Å². The van der Waals surface area contributed by atoms with E-state index in [0.717, 1.165) is 5.56 Å². The highest BCUT2D eigenvalue weighted by Gasteiger charge is 2.12. The number of aromatic nitrogens is 3. The van der Waals surface area contributed by atoms with Gasteiger partial charge in [0.2, 0.25) is 0 Å². The Balaban J connectivity index is 2.46. The minimum absolute atomic E-state index is 0.122. The first-order chi connectivity index (χ1) is 7.68. The molecule has 0 saturated carbocycles. The Morgan fingerprint density at radius 3 is 2.62 bits per heavy atom. The van der Waals surface area contributed by atoms with Crippen molar-refractivity contribution >= 4 is 5.97 Å². The molecule has 1 aromatic heterocycles. The summed E-state index contributed by atoms with van der Waals surface area (Å²) in [7, 11) is 0. The standard InChI is InChI=1S/C11H11N3O2/c1-8-12-13-11(14(8)7-10(15)16)9-5-3-2-4-6-9/h2-6H,7H2,1H3,(H,15,16). The summed E-state index contributed by atoms with van der Waals surface area (Å²) in [6.45, 7) is 1.62. The fraction of sp³-hybridized carbons (Fsp3) is 0.182. The Kier molecular flexibility index (Phi) is 2.68. The van der Waals surface area contributed by atoms with Crippen molar-refractivity contribution in [1.82, 2.24) is 14.8 Å². The van der Waals surface area contributed by atoms with E-state index < -0.39 is 5.97 Å². The molecule has 16 heavy (non-hydrogen) atoms. The molecule has 1 heterocycles. The largest absolute Gasteiger partial charge is 0.480 e. The van der Waals surface area contributed by atoms with Crippen LogP contribution in [0, 0.1) is 6.92 Å². The van der Waals surface area contributed by atoms with Gasteiger partial charge in [0.25, 0.3) is 0 Å². The fourth-order valence-corrected chi connectivity index (χ4v) is 1.51. The topological polar surface area (TPSA) is 68.0 Å². The fourth-order valence-electron chi connectivity index (χ4n) is 1.51. The van der Waals surface area contributed by atoms with Crippen molar-refractivity contribution in [3.05, 3.63) is 36.2 Å². The van der Waals surface area contributed by atoms with Gasteiger partial charge in [-0.25, -0.2) is 0 Å². The summed E-state index contributed by atoms with van der Waals surface area (Å²) in [4.78, 5) is 10.7. The SMILES string of the molecule is Cc1nnc(-c2ccccc2)n1CC(=O)O. The minimum atomic E-state index is -0.903. The Morgan fingerprint density at radius 2 is 2.00 bits per heavy atom. The van der Waals surface area contributed by atoms with E-state index in [4.69, 9.17) is 5.11 Å². The molecule has 1 N–H and O–H groups in total. The molecular weight excluding hydrogens is 206 g/mol. The summed E-state index contributed by atoms with van der Waals surface area (Å²) < 4.78 is 1.58. The van der Waals surface area contributed by atoms with Gasteiger partial charge in [-0.05, 0) is 6.92 Å². The summed E-state index contributed by atoms with van der Waals surface area (Å²) in [5.74, 6) is 0.279. The van der Waals surface area contributed by atoms with Crippen LogP contribution in [0.4, 0.5) is 0 Å². The van der Waals surface area contributed by atoms with E-state index in [0.29, 0.717) is 11.6 Å². The third-order valence-corrected chi connectivity index (χ3v) is 2.26. The molecule has 0 spiro atoms. The average Bonchev–Trinajstić information content (AvgIpc) is 2.61. The molecule has 0 radical (unpaired) electrons. The Labute approximate surface area is 92.4 Å². The molecule has 5 heteroatoms. The first kappa shape index (κ1) is 10.4. The Hall–Kier alpha value is -2.17. The van der Waals surface area contributed by atoms with Crippen LogP contribution in [-0.2, 0) is 11.3 Å². The predicted octanol–water partition coefficient (Wildman–Crippen LogP) is 1.34. The van der Waals surface area contributed by atoms with Gasteiger partial charge in [0, 0.05) is 5.56 Å². The van der Waals surface area contributed by atoms with Crippen LogP contribution in [0.15, 0.2) is 30.3 Å². The number of hydrogen-bond donors (Lipinski definition) is 1. The molecule has 2 aromatic rings. The Morgan fingerprint density at radius 1 is 1.31 bits per heavy atom. The molecule has 1 aromatic carbocycles. The van der Waals surface area contributed by atoms with Gasteiger partial charge in [0.15, 0.2) is 5.82 Å². The van der Waals surface area contributed by atoms with E-state index in [1.165, 1.54) is 0 Å². The second-order valence-corrected chi connectivity index (χ2v) is 3.42. The lowest BCUT2D eigenvalue weighted by molar-refractivity contribution is -0.137. The van der Waals surface area contributed by atoms with Crippen molar-refractivity contribution < 1.29 is 9.90 Å². The lowest BCUT2D eigenvalue weighted by atomic mass is 10.2. The third kappa shape index (κ3) is 1.93. The quantitative estimate of drug-likeness (QED) is 0.842. The number of carbonyl (C=O) groups is 1. The molecule has 0 aliphatic carbocycles. The zero-order valence-corrected chi connectivity index (χ0v) is 8.79. The predicted molar refractivity (Wildman–Crippen MR) is 57.8 cm³/mol. The van der Waals surface area contributed by atoms with Gasteiger partial charge in [0.1, 0.15) is 12.4 Å². The summed E-state index contributed by atoms with van der Waals surface area (Å²) in [5, 5.41) is 16.7. The highest BCUT2D eigenvalue weighted by molar-refractivity contribution is 5.68. The van der Waals surface area contributed by atoms with Gasteiger partial charge in [-0.1, -0.05) is 30.3 Å². The molecule has 0 bridgehead atoms. The summed E-state index contributed by atoms with van der Waals surface area (Å²) in [6, 6.07) is 9.41. The van der Waals surface area contributed by atoms with E-state index in [1.807, 2.05) is 30.3 Å². The molecule has 0 fully saturated rings. The van der Waals surface area contributed by atoms with Gasteiger partial charge in [-0.3, -0.25) is 9.36 Å². The first-order valence-electron chi connectivity index (χ1n) is 4.85. The highest BCUT2D eigenvalue weighted by atomic mass is 16.4. The molecule has 82 valence electrons. The van der Waals surface area contributed by atoms with Gasteiger partial charge >= 0.3 is 5.97 Å². The number of rotatable bonds is 3. The van der Waals surface area contributed by atoms with Crippen molar-refractivity contribution in [2.24, 2.45) is 0 Å². The molecule has 0 atom stereocenters. The number of nitrogens with zero attached hydrogens (tertiary/aromatic N) is 3. The zero-order valence-electron chi connectivity index (χ0n) is 8.79. The zero-order chi connectivity index (χ0) is 11.5. The van der Waals surface area contributed by atoms with Crippen LogP contribution in [0.2, 0.25) is 0 Å². The van der Waals surface area contributed by atoms with Crippen LogP contribution in [-0.4, -0.2) is 25.8 Å². The molecule has 0 aliphatic rings. The van der Waals surface area contributed by atoms with E-state index in [-0.39, 0.29) is 6.54 Å². The number of benzene rings is 1. The molecular formula is C11H11N3O2. The lowest BCUT2D eigenvalue weighted by Crippen LogP contribution is -2.11. The number of hydrogen-bond acceptors (Lipinski definition) is 3. The molecule has 0 unspecified atom stereocenters. The molecule has 5 nitrogen and oxygen atoms in total. The summed E-state index contributed by atoms with van der Waals surface area (Å²) in [6.07, 6.45) is 0. The molecule has 0 amide bonds. The van der Waals surface area contributed by atoms with Crippen molar-refractivity contribution in [2.45, 2.75) is 13.5 Å². The summed E-state index contributed by atoms with van der Waals surface area (Å²) >= 11 is 0. The van der Waals surface area contributed by atoms with Gasteiger partial charge in [0.05, 0.1) is 0 Å². The van der Waals surface area contributed by atoms with E-state index >= 15 is 0 Å². The first-order valence-corrected chi connectivity index (χ1v) is 4.85. The van der Waals surface area contributed by atoms with Crippen molar-refractivity contribution in [1.29, 1.82) is 0 Å². The van der Waals surface area contributed by atoms with Gasteiger partial charge in [-0.15, -0.1) is 10.2 Å². The maximum atomic E-state index is 10.7. The minimum Gasteiger partial charge on any atom is -0.480 e.